The van der Waals surface area contributed by atoms with Crippen LogP contribution in [0.3, 0.4) is 0 Å². The SMILES string of the molecule is C=CCN(C(=O)C(C)(C)NCC)C(C)(C)C. The number of amides is 1. The van der Waals surface area contributed by atoms with Crippen LogP contribution < -0.4 is 5.32 Å². The van der Waals surface area contributed by atoms with Gasteiger partial charge >= 0.3 is 0 Å². The van der Waals surface area contributed by atoms with Gasteiger partial charge in [0.1, 0.15) is 0 Å². The first-order valence-corrected chi connectivity index (χ1v) is 5.84. The van der Waals surface area contributed by atoms with Gasteiger partial charge in [-0.1, -0.05) is 13.0 Å². The van der Waals surface area contributed by atoms with Crippen molar-refractivity contribution in [3.8, 4) is 0 Å². The lowest BCUT2D eigenvalue weighted by atomic mass is 9.98. The predicted molar refractivity (Wildman–Crippen MR) is 69.4 cm³/mol. The summed E-state index contributed by atoms with van der Waals surface area (Å²) in [6, 6.07) is 0. The summed E-state index contributed by atoms with van der Waals surface area (Å²) in [5.41, 5.74) is -0.705. The Balaban J connectivity index is 4.94. The van der Waals surface area contributed by atoms with E-state index in [2.05, 4.69) is 11.9 Å². The van der Waals surface area contributed by atoms with Gasteiger partial charge in [0.25, 0.3) is 0 Å². The molecule has 0 atom stereocenters. The first-order valence-electron chi connectivity index (χ1n) is 5.84. The minimum absolute atomic E-state index is 0.113. The van der Waals surface area contributed by atoms with Gasteiger partial charge in [0.05, 0.1) is 5.54 Å². The lowest BCUT2D eigenvalue weighted by Gasteiger charge is -2.40. The number of nitrogens with one attached hydrogen (secondary N) is 1. The molecule has 0 rings (SSSR count). The van der Waals surface area contributed by atoms with Crippen LogP contribution in [0, 0.1) is 0 Å². The summed E-state index contributed by atoms with van der Waals surface area (Å²) in [6.45, 7) is 17.0. The highest BCUT2D eigenvalue weighted by Crippen LogP contribution is 2.18. The Morgan fingerprint density at radius 2 is 1.81 bits per heavy atom. The molecule has 16 heavy (non-hydrogen) atoms. The van der Waals surface area contributed by atoms with Crippen molar-refractivity contribution >= 4 is 5.91 Å². The van der Waals surface area contributed by atoms with E-state index in [1.165, 1.54) is 0 Å². The van der Waals surface area contributed by atoms with Crippen LogP contribution in [0.25, 0.3) is 0 Å². The molecule has 0 saturated heterocycles. The van der Waals surface area contributed by atoms with Crippen LogP contribution in [-0.2, 0) is 4.79 Å². The normalized spacial score (nSPS) is 12.4. The topological polar surface area (TPSA) is 32.3 Å². The molecule has 1 amide bonds. The van der Waals surface area contributed by atoms with Crippen LogP contribution in [-0.4, -0.2) is 35.0 Å². The molecule has 3 nitrogen and oxygen atoms in total. The van der Waals surface area contributed by atoms with Gasteiger partial charge < -0.3 is 10.2 Å². The van der Waals surface area contributed by atoms with Gasteiger partial charge in [-0.15, -0.1) is 6.58 Å². The van der Waals surface area contributed by atoms with E-state index in [4.69, 9.17) is 0 Å². The third kappa shape index (κ3) is 3.97. The second-order valence-corrected chi connectivity index (χ2v) is 5.53. The van der Waals surface area contributed by atoms with E-state index < -0.39 is 5.54 Å². The van der Waals surface area contributed by atoms with Crippen LogP contribution in [0.15, 0.2) is 12.7 Å². The molecule has 3 heteroatoms. The molecule has 0 aliphatic rings. The zero-order chi connectivity index (χ0) is 13.0. The summed E-state index contributed by atoms with van der Waals surface area (Å²) in [6.07, 6.45) is 1.77. The molecule has 0 aromatic rings. The van der Waals surface area contributed by atoms with E-state index in [1.54, 1.807) is 6.08 Å². The molecule has 1 N–H and O–H groups in total. The molecule has 0 aliphatic heterocycles. The molecule has 0 saturated carbocycles. The lowest BCUT2D eigenvalue weighted by Crippen LogP contribution is -2.58. The van der Waals surface area contributed by atoms with Crippen LogP contribution in [0.4, 0.5) is 0 Å². The van der Waals surface area contributed by atoms with Crippen molar-refractivity contribution in [2.24, 2.45) is 0 Å². The molecule has 0 unspecified atom stereocenters. The molecular weight excluding hydrogens is 200 g/mol. The Labute approximate surface area is 99.9 Å². The van der Waals surface area contributed by atoms with Crippen molar-refractivity contribution in [2.45, 2.75) is 52.6 Å². The molecular formula is C13H26N2O. The molecule has 0 spiro atoms. The summed E-state index contributed by atoms with van der Waals surface area (Å²) in [5.74, 6) is 0.113. The standard InChI is InChI=1S/C13H26N2O/c1-8-10-15(12(3,4)5)11(16)13(6,7)14-9-2/h8,14H,1,9-10H2,2-7H3. The van der Waals surface area contributed by atoms with E-state index in [0.717, 1.165) is 6.54 Å². The van der Waals surface area contributed by atoms with Gasteiger partial charge in [0.2, 0.25) is 5.91 Å². The first-order chi connectivity index (χ1) is 7.16. The summed E-state index contributed by atoms with van der Waals surface area (Å²) in [4.78, 5) is 14.3. The van der Waals surface area contributed by atoms with E-state index in [1.807, 2.05) is 46.4 Å². The van der Waals surface area contributed by atoms with Crippen molar-refractivity contribution in [1.29, 1.82) is 0 Å². The number of carbonyl (C=O) groups is 1. The van der Waals surface area contributed by atoms with Gasteiger partial charge in [-0.05, 0) is 41.2 Å². The largest absolute Gasteiger partial charge is 0.333 e. The number of carbonyl (C=O) groups excluding carboxylic acids is 1. The quantitative estimate of drug-likeness (QED) is 0.729. The van der Waals surface area contributed by atoms with Crippen molar-refractivity contribution in [3.05, 3.63) is 12.7 Å². The van der Waals surface area contributed by atoms with Crippen LogP contribution in [0.1, 0.15) is 41.5 Å². The fraction of sp³-hybridized carbons (Fsp3) is 0.769. The number of rotatable bonds is 5. The summed E-state index contributed by atoms with van der Waals surface area (Å²) in [7, 11) is 0. The molecule has 0 aliphatic carbocycles. The van der Waals surface area contributed by atoms with E-state index in [-0.39, 0.29) is 11.4 Å². The molecule has 0 aromatic carbocycles. The minimum Gasteiger partial charge on any atom is -0.333 e. The average molecular weight is 226 g/mol. The zero-order valence-electron chi connectivity index (χ0n) is 11.6. The maximum atomic E-state index is 12.4. The number of nitrogens with zero attached hydrogens (tertiary/aromatic N) is 1. The van der Waals surface area contributed by atoms with Gasteiger partial charge in [0, 0.05) is 12.1 Å². The molecule has 0 radical (unpaired) electrons. The summed E-state index contributed by atoms with van der Waals surface area (Å²) >= 11 is 0. The Morgan fingerprint density at radius 3 is 2.12 bits per heavy atom. The Hall–Kier alpha value is -0.830. The smallest absolute Gasteiger partial charge is 0.243 e. The fourth-order valence-corrected chi connectivity index (χ4v) is 1.65. The van der Waals surface area contributed by atoms with E-state index >= 15 is 0 Å². The first kappa shape index (κ1) is 15.2. The highest BCUT2D eigenvalue weighted by Gasteiger charge is 2.35. The maximum absolute atomic E-state index is 12.4. The number of hydrogen-bond acceptors (Lipinski definition) is 2. The van der Waals surface area contributed by atoms with E-state index in [0.29, 0.717) is 6.54 Å². The highest BCUT2D eigenvalue weighted by atomic mass is 16.2. The maximum Gasteiger partial charge on any atom is 0.243 e. The van der Waals surface area contributed by atoms with Crippen molar-refractivity contribution in [1.82, 2.24) is 10.2 Å². The Kier molecular flexibility index (Phi) is 5.20. The fourth-order valence-electron chi connectivity index (χ4n) is 1.65. The monoisotopic (exact) mass is 226 g/mol. The molecule has 0 aromatic heterocycles. The second kappa shape index (κ2) is 5.48. The van der Waals surface area contributed by atoms with Gasteiger partial charge in [0.15, 0.2) is 0 Å². The molecule has 0 bridgehead atoms. The van der Waals surface area contributed by atoms with Gasteiger partial charge in [-0.3, -0.25) is 4.79 Å². The van der Waals surface area contributed by atoms with Gasteiger partial charge in [-0.2, -0.15) is 0 Å². The highest BCUT2D eigenvalue weighted by molar-refractivity contribution is 5.86. The molecule has 94 valence electrons. The molecule has 0 heterocycles. The van der Waals surface area contributed by atoms with Crippen molar-refractivity contribution in [3.63, 3.8) is 0 Å². The average Bonchev–Trinajstić information content (AvgIpc) is 2.11. The van der Waals surface area contributed by atoms with Crippen molar-refractivity contribution in [2.75, 3.05) is 13.1 Å². The number of likely N-dealkylation sites (N-methyl/N-ethyl adjacent to an activating group) is 1. The Bertz CT molecular complexity index is 251. The summed E-state index contributed by atoms with van der Waals surface area (Å²) in [5, 5.41) is 3.21. The Morgan fingerprint density at radius 1 is 1.31 bits per heavy atom. The van der Waals surface area contributed by atoms with Crippen LogP contribution in [0.2, 0.25) is 0 Å². The minimum atomic E-state index is -0.523. The second-order valence-electron chi connectivity index (χ2n) is 5.53. The van der Waals surface area contributed by atoms with E-state index in [9.17, 15) is 4.79 Å². The molecule has 0 fully saturated rings. The van der Waals surface area contributed by atoms with Crippen LogP contribution >= 0.6 is 0 Å². The summed E-state index contributed by atoms with van der Waals surface area (Å²) < 4.78 is 0. The van der Waals surface area contributed by atoms with Crippen LogP contribution in [0.5, 0.6) is 0 Å². The van der Waals surface area contributed by atoms with Gasteiger partial charge in [-0.25, -0.2) is 0 Å². The number of hydrogen-bond donors (Lipinski definition) is 1. The zero-order valence-corrected chi connectivity index (χ0v) is 11.6. The van der Waals surface area contributed by atoms with Crippen molar-refractivity contribution < 1.29 is 4.79 Å². The lowest BCUT2D eigenvalue weighted by molar-refractivity contribution is -0.141. The third-order valence-corrected chi connectivity index (χ3v) is 2.52. The predicted octanol–water partition coefficient (Wildman–Crippen LogP) is 2.19. The third-order valence-electron chi connectivity index (χ3n) is 2.52.